The molecule has 0 aromatic carbocycles. The molecule has 3 N–H and O–H groups in total. The lowest BCUT2D eigenvalue weighted by Gasteiger charge is -2.44. The SMILES string of the molecule is CCn1ncc(N)c1C(=O)N1CC(C)(O)C1. The minimum absolute atomic E-state index is 0.164. The number of carbonyl (C=O) groups excluding carboxylic acids is 1. The highest BCUT2D eigenvalue weighted by Crippen LogP contribution is 2.24. The van der Waals surface area contributed by atoms with E-state index in [0.717, 1.165) is 0 Å². The topological polar surface area (TPSA) is 84.4 Å². The number of nitrogen functional groups attached to an aromatic ring is 1. The molecule has 2 heterocycles. The Kier molecular flexibility index (Phi) is 2.38. The van der Waals surface area contributed by atoms with Crippen molar-refractivity contribution in [1.29, 1.82) is 0 Å². The number of anilines is 1. The standard InChI is InChI=1S/C10H16N4O2/c1-3-14-8(7(11)4-12-14)9(15)13-5-10(2,16)6-13/h4,16H,3,5-6,11H2,1-2H3. The molecule has 1 fully saturated rings. The first kappa shape index (κ1) is 10.9. The molecule has 0 spiro atoms. The number of nitrogens with zero attached hydrogens (tertiary/aromatic N) is 3. The van der Waals surface area contributed by atoms with E-state index in [1.165, 1.54) is 6.20 Å². The van der Waals surface area contributed by atoms with E-state index in [1.54, 1.807) is 16.5 Å². The van der Waals surface area contributed by atoms with Crippen molar-refractivity contribution in [2.24, 2.45) is 0 Å². The smallest absolute Gasteiger partial charge is 0.274 e. The van der Waals surface area contributed by atoms with E-state index < -0.39 is 5.60 Å². The van der Waals surface area contributed by atoms with Gasteiger partial charge in [0.25, 0.3) is 5.91 Å². The molecular weight excluding hydrogens is 208 g/mol. The number of aromatic nitrogens is 2. The van der Waals surface area contributed by atoms with Crippen LogP contribution in [0, 0.1) is 0 Å². The fourth-order valence-electron chi connectivity index (χ4n) is 1.94. The molecule has 1 aromatic rings. The molecule has 6 nitrogen and oxygen atoms in total. The van der Waals surface area contributed by atoms with Gasteiger partial charge in [0.15, 0.2) is 0 Å². The van der Waals surface area contributed by atoms with Gasteiger partial charge in [0.2, 0.25) is 0 Å². The lowest BCUT2D eigenvalue weighted by molar-refractivity contribution is -0.0672. The average molecular weight is 224 g/mol. The molecule has 88 valence electrons. The van der Waals surface area contributed by atoms with Crippen LogP contribution in [0.25, 0.3) is 0 Å². The predicted octanol–water partition coefficient (Wildman–Crippen LogP) is -0.308. The maximum atomic E-state index is 12.1. The van der Waals surface area contributed by atoms with Gasteiger partial charge >= 0.3 is 0 Å². The number of aryl methyl sites for hydroxylation is 1. The molecule has 1 amide bonds. The van der Waals surface area contributed by atoms with Gasteiger partial charge in [0, 0.05) is 6.54 Å². The third-order valence-corrected chi connectivity index (χ3v) is 2.72. The van der Waals surface area contributed by atoms with Crippen LogP contribution in [-0.2, 0) is 6.54 Å². The van der Waals surface area contributed by atoms with Crippen LogP contribution in [-0.4, -0.2) is 44.4 Å². The monoisotopic (exact) mass is 224 g/mol. The van der Waals surface area contributed by atoms with Crippen LogP contribution in [0.5, 0.6) is 0 Å². The van der Waals surface area contributed by atoms with E-state index in [2.05, 4.69) is 5.10 Å². The molecule has 6 heteroatoms. The Morgan fingerprint density at radius 3 is 2.81 bits per heavy atom. The molecule has 1 aliphatic heterocycles. The second-order valence-corrected chi connectivity index (χ2v) is 4.42. The summed E-state index contributed by atoms with van der Waals surface area (Å²) in [6.07, 6.45) is 1.48. The third-order valence-electron chi connectivity index (χ3n) is 2.72. The lowest BCUT2D eigenvalue weighted by atomic mass is 9.96. The first-order valence-electron chi connectivity index (χ1n) is 5.27. The van der Waals surface area contributed by atoms with E-state index in [0.29, 0.717) is 31.0 Å². The van der Waals surface area contributed by atoms with Crippen LogP contribution in [0.3, 0.4) is 0 Å². The van der Waals surface area contributed by atoms with E-state index in [-0.39, 0.29) is 5.91 Å². The normalized spacial score (nSPS) is 18.3. The number of rotatable bonds is 2. The van der Waals surface area contributed by atoms with Crippen molar-refractivity contribution in [2.45, 2.75) is 26.0 Å². The van der Waals surface area contributed by atoms with Gasteiger partial charge in [-0.2, -0.15) is 5.10 Å². The van der Waals surface area contributed by atoms with Crippen molar-refractivity contribution in [1.82, 2.24) is 14.7 Å². The van der Waals surface area contributed by atoms with E-state index >= 15 is 0 Å². The van der Waals surface area contributed by atoms with Crippen molar-refractivity contribution in [3.8, 4) is 0 Å². The largest absolute Gasteiger partial charge is 0.396 e. The minimum atomic E-state index is -0.762. The van der Waals surface area contributed by atoms with Gasteiger partial charge in [-0.25, -0.2) is 0 Å². The first-order chi connectivity index (χ1) is 7.44. The van der Waals surface area contributed by atoms with E-state index in [9.17, 15) is 9.90 Å². The van der Waals surface area contributed by atoms with Crippen molar-refractivity contribution in [3.63, 3.8) is 0 Å². The molecule has 0 aliphatic carbocycles. The summed E-state index contributed by atoms with van der Waals surface area (Å²) >= 11 is 0. The highest BCUT2D eigenvalue weighted by Gasteiger charge is 2.40. The minimum Gasteiger partial charge on any atom is -0.396 e. The van der Waals surface area contributed by atoms with Gasteiger partial charge in [0.05, 0.1) is 30.6 Å². The zero-order chi connectivity index (χ0) is 11.9. The van der Waals surface area contributed by atoms with Crippen molar-refractivity contribution in [3.05, 3.63) is 11.9 Å². The summed E-state index contributed by atoms with van der Waals surface area (Å²) in [5.74, 6) is -0.164. The van der Waals surface area contributed by atoms with Crippen LogP contribution in [0.2, 0.25) is 0 Å². The molecular formula is C10H16N4O2. The van der Waals surface area contributed by atoms with Crippen LogP contribution in [0.15, 0.2) is 6.20 Å². The number of amides is 1. The Balaban J connectivity index is 2.19. The average Bonchev–Trinajstić information content (AvgIpc) is 2.54. The fraction of sp³-hybridized carbons (Fsp3) is 0.600. The van der Waals surface area contributed by atoms with Crippen LogP contribution in [0.4, 0.5) is 5.69 Å². The summed E-state index contributed by atoms with van der Waals surface area (Å²) in [6.45, 7) is 4.90. The van der Waals surface area contributed by atoms with Gasteiger partial charge < -0.3 is 15.7 Å². The molecule has 0 atom stereocenters. The number of aliphatic hydroxyl groups is 1. The van der Waals surface area contributed by atoms with E-state index in [4.69, 9.17) is 5.73 Å². The van der Waals surface area contributed by atoms with Crippen molar-refractivity contribution >= 4 is 11.6 Å². The highest BCUT2D eigenvalue weighted by atomic mass is 16.3. The van der Waals surface area contributed by atoms with Gasteiger partial charge in [-0.1, -0.05) is 0 Å². The number of hydrogen-bond donors (Lipinski definition) is 2. The van der Waals surface area contributed by atoms with Gasteiger partial charge in [-0.3, -0.25) is 9.48 Å². The Morgan fingerprint density at radius 1 is 1.69 bits per heavy atom. The second-order valence-electron chi connectivity index (χ2n) is 4.42. The molecule has 1 saturated heterocycles. The Hall–Kier alpha value is -1.56. The van der Waals surface area contributed by atoms with Crippen LogP contribution >= 0.6 is 0 Å². The Morgan fingerprint density at radius 2 is 2.31 bits per heavy atom. The van der Waals surface area contributed by atoms with Crippen molar-refractivity contribution < 1.29 is 9.90 Å². The first-order valence-corrected chi connectivity index (χ1v) is 5.27. The summed E-state index contributed by atoms with van der Waals surface area (Å²) < 4.78 is 1.57. The van der Waals surface area contributed by atoms with Gasteiger partial charge in [0.1, 0.15) is 5.69 Å². The molecule has 0 saturated carbocycles. The molecule has 1 aliphatic rings. The fourth-order valence-corrected chi connectivity index (χ4v) is 1.94. The molecule has 0 bridgehead atoms. The number of carbonyl (C=O) groups is 1. The number of nitrogens with two attached hydrogens (primary N) is 1. The second kappa shape index (κ2) is 3.48. The summed E-state index contributed by atoms with van der Waals surface area (Å²) in [7, 11) is 0. The molecule has 0 radical (unpaired) electrons. The molecule has 0 unspecified atom stereocenters. The number of hydrogen-bond acceptors (Lipinski definition) is 4. The van der Waals surface area contributed by atoms with Crippen LogP contribution in [0.1, 0.15) is 24.3 Å². The maximum Gasteiger partial charge on any atom is 0.274 e. The Labute approximate surface area is 93.6 Å². The van der Waals surface area contributed by atoms with Gasteiger partial charge in [-0.05, 0) is 13.8 Å². The zero-order valence-corrected chi connectivity index (χ0v) is 9.47. The van der Waals surface area contributed by atoms with Crippen LogP contribution < -0.4 is 5.73 Å². The molecule has 16 heavy (non-hydrogen) atoms. The van der Waals surface area contributed by atoms with Gasteiger partial charge in [-0.15, -0.1) is 0 Å². The third kappa shape index (κ3) is 1.65. The molecule has 1 aromatic heterocycles. The maximum absolute atomic E-state index is 12.1. The Bertz CT molecular complexity index is 416. The number of likely N-dealkylation sites (tertiary alicyclic amines) is 1. The van der Waals surface area contributed by atoms with E-state index in [1.807, 2.05) is 6.92 Å². The summed E-state index contributed by atoms with van der Waals surface area (Å²) in [5, 5.41) is 13.6. The zero-order valence-electron chi connectivity index (χ0n) is 9.47. The predicted molar refractivity (Wildman–Crippen MR) is 58.8 cm³/mol. The highest BCUT2D eigenvalue weighted by molar-refractivity contribution is 5.98. The van der Waals surface area contributed by atoms with Crippen molar-refractivity contribution in [2.75, 3.05) is 18.8 Å². The number of β-amino-alcohol motifs (C(OH)–C–C–N with tert-alkyl or cyclic N) is 1. The summed E-state index contributed by atoms with van der Waals surface area (Å²) in [5.41, 5.74) is 5.75. The quantitative estimate of drug-likeness (QED) is 0.721. The summed E-state index contributed by atoms with van der Waals surface area (Å²) in [6, 6.07) is 0. The molecule has 2 rings (SSSR count). The lowest BCUT2D eigenvalue weighted by Crippen LogP contribution is -2.62. The summed E-state index contributed by atoms with van der Waals surface area (Å²) in [4.78, 5) is 13.6.